The van der Waals surface area contributed by atoms with Crippen molar-refractivity contribution in [1.82, 2.24) is 5.32 Å². The van der Waals surface area contributed by atoms with E-state index in [2.05, 4.69) is 17.2 Å². The van der Waals surface area contributed by atoms with Crippen molar-refractivity contribution in [3.8, 4) is 11.8 Å². The van der Waals surface area contributed by atoms with Crippen LogP contribution in [-0.4, -0.2) is 19.0 Å². The van der Waals surface area contributed by atoms with Gasteiger partial charge in [0.25, 0.3) is 5.91 Å². The standard InChI is InChI=1S/C17H22N2O/c1-13-7-8-16(15(12-13)6-3-10-18)17(20)19-11-9-14-4-2-5-14/h7-8,12,14H,2,4-5,9-11,18H2,1H3,(H,19,20). The van der Waals surface area contributed by atoms with Crippen LogP contribution in [0.25, 0.3) is 0 Å². The molecule has 0 atom stereocenters. The van der Waals surface area contributed by atoms with Gasteiger partial charge in [0.15, 0.2) is 0 Å². The molecule has 0 saturated heterocycles. The Morgan fingerprint density at radius 3 is 2.90 bits per heavy atom. The summed E-state index contributed by atoms with van der Waals surface area (Å²) in [6, 6.07) is 5.71. The lowest BCUT2D eigenvalue weighted by atomic mass is 9.83. The third-order valence-corrected chi connectivity index (χ3v) is 3.81. The zero-order chi connectivity index (χ0) is 14.4. The number of rotatable bonds is 4. The van der Waals surface area contributed by atoms with Gasteiger partial charge in [0.2, 0.25) is 0 Å². The molecule has 3 N–H and O–H groups in total. The molecule has 0 unspecified atom stereocenters. The molecule has 3 nitrogen and oxygen atoms in total. The van der Waals surface area contributed by atoms with Crippen LogP contribution in [0.2, 0.25) is 0 Å². The largest absolute Gasteiger partial charge is 0.352 e. The minimum absolute atomic E-state index is 0.0364. The summed E-state index contributed by atoms with van der Waals surface area (Å²) in [6.45, 7) is 3.05. The summed E-state index contributed by atoms with van der Waals surface area (Å²) in [4.78, 5) is 12.2. The van der Waals surface area contributed by atoms with Gasteiger partial charge in [0, 0.05) is 12.1 Å². The predicted molar refractivity (Wildman–Crippen MR) is 81.4 cm³/mol. The van der Waals surface area contributed by atoms with Crippen molar-refractivity contribution in [2.45, 2.75) is 32.6 Å². The highest BCUT2D eigenvalue weighted by molar-refractivity contribution is 5.96. The Morgan fingerprint density at radius 1 is 1.45 bits per heavy atom. The highest BCUT2D eigenvalue weighted by atomic mass is 16.1. The van der Waals surface area contributed by atoms with E-state index in [1.54, 1.807) is 0 Å². The number of hydrogen-bond donors (Lipinski definition) is 2. The summed E-state index contributed by atoms with van der Waals surface area (Å²) < 4.78 is 0. The number of benzene rings is 1. The number of nitrogens with two attached hydrogens (primary N) is 1. The van der Waals surface area contributed by atoms with E-state index in [1.807, 2.05) is 25.1 Å². The Bertz CT molecular complexity index is 536. The summed E-state index contributed by atoms with van der Waals surface area (Å²) in [7, 11) is 0. The highest BCUT2D eigenvalue weighted by Gasteiger charge is 2.17. The fourth-order valence-electron chi connectivity index (χ4n) is 2.37. The van der Waals surface area contributed by atoms with E-state index in [-0.39, 0.29) is 5.91 Å². The van der Waals surface area contributed by atoms with Crippen LogP contribution >= 0.6 is 0 Å². The van der Waals surface area contributed by atoms with Crippen LogP contribution in [0.1, 0.15) is 47.2 Å². The monoisotopic (exact) mass is 270 g/mol. The second-order valence-corrected chi connectivity index (χ2v) is 5.40. The molecule has 1 fully saturated rings. The molecule has 2 rings (SSSR count). The van der Waals surface area contributed by atoms with E-state index >= 15 is 0 Å². The molecule has 0 bridgehead atoms. The van der Waals surface area contributed by atoms with Crippen molar-refractivity contribution in [3.63, 3.8) is 0 Å². The van der Waals surface area contributed by atoms with Gasteiger partial charge in [0.05, 0.1) is 12.1 Å². The number of amides is 1. The van der Waals surface area contributed by atoms with Gasteiger partial charge >= 0.3 is 0 Å². The van der Waals surface area contributed by atoms with Crippen LogP contribution in [-0.2, 0) is 0 Å². The molecule has 0 heterocycles. The molecule has 0 radical (unpaired) electrons. The molecule has 0 spiro atoms. The first kappa shape index (κ1) is 14.6. The topological polar surface area (TPSA) is 55.1 Å². The fourth-order valence-corrected chi connectivity index (χ4v) is 2.37. The van der Waals surface area contributed by atoms with Gasteiger partial charge < -0.3 is 11.1 Å². The number of carbonyl (C=O) groups excluding carboxylic acids is 1. The molecule has 20 heavy (non-hydrogen) atoms. The number of carbonyl (C=O) groups is 1. The average molecular weight is 270 g/mol. The summed E-state index contributed by atoms with van der Waals surface area (Å²) >= 11 is 0. The Hall–Kier alpha value is -1.79. The Kier molecular flexibility index (Phi) is 5.20. The van der Waals surface area contributed by atoms with Gasteiger partial charge in [-0.2, -0.15) is 0 Å². The zero-order valence-electron chi connectivity index (χ0n) is 12.0. The minimum atomic E-state index is -0.0364. The molecule has 1 aliphatic carbocycles. The van der Waals surface area contributed by atoms with E-state index in [0.717, 1.165) is 30.0 Å². The van der Waals surface area contributed by atoms with Crippen molar-refractivity contribution >= 4 is 5.91 Å². The van der Waals surface area contributed by atoms with E-state index in [4.69, 9.17) is 5.73 Å². The molecule has 1 saturated carbocycles. The molecule has 1 aliphatic rings. The Labute approximate surface area is 120 Å². The molecular weight excluding hydrogens is 248 g/mol. The Balaban J connectivity index is 2.00. The third kappa shape index (κ3) is 3.85. The first-order valence-corrected chi connectivity index (χ1v) is 7.28. The van der Waals surface area contributed by atoms with Crippen LogP contribution in [0.5, 0.6) is 0 Å². The van der Waals surface area contributed by atoms with Crippen LogP contribution in [0.4, 0.5) is 0 Å². The lowest BCUT2D eigenvalue weighted by Gasteiger charge is -2.25. The maximum atomic E-state index is 12.2. The summed E-state index contributed by atoms with van der Waals surface area (Å²) in [5.41, 5.74) is 7.90. The van der Waals surface area contributed by atoms with Crippen molar-refractivity contribution < 1.29 is 4.79 Å². The minimum Gasteiger partial charge on any atom is -0.352 e. The second-order valence-electron chi connectivity index (χ2n) is 5.40. The van der Waals surface area contributed by atoms with Gasteiger partial charge in [-0.15, -0.1) is 0 Å². The van der Waals surface area contributed by atoms with Crippen molar-refractivity contribution in [2.75, 3.05) is 13.1 Å². The van der Waals surface area contributed by atoms with Crippen molar-refractivity contribution in [3.05, 3.63) is 34.9 Å². The second kappa shape index (κ2) is 7.12. The third-order valence-electron chi connectivity index (χ3n) is 3.81. The Morgan fingerprint density at radius 2 is 2.25 bits per heavy atom. The van der Waals surface area contributed by atoms with Crippen LogP contribution in [0, 0.1) is 24.7 Å². The van der Waals surface area contributed by atoms with Crippen molar-refractivity contribution in [1.29, 1.82) is 0 Å². The van der Waals surface area contributed by atoms with E-state index in [1.165, 1.54) is 19.3 Å². The van der Waals surface area contributed by atoms with Crippen molar-refractivity contribution in [2.24, 2.45) is 11.7 Å². The highest BCUT2D eigenvalue weighted by Crippen LogP contribution is 2.28. The molecule has 0 aromatic heterocycles. The first-order valence-electron chi connectivity index (χ1n) is 7.28. The molecular formula is C17H22N2O. The zero-order valence-corrected chi connectivity index (χ0v) is 12.0. The molecule has 1 aromatic carbocycles. The number of hydrogen-bond acceptors (Lipinski definition) is 2. The fraction of sp³-hybridized carbons (Fsp3) is 0.471. The maximum Gasteiger partial charge on any atom is 0.252 e. The van der Waals surface area contributed by atoms with E-state index < -0.39 is 0 Å². The average Bonchev–Trinajstić information content (AvgIpc) is 2.39. The predicted octanol–water partition coefficient (Wildman–Crippen LogP) is 2.23. The molecule has 0 aliphatic heterocycles. The first-order chi connectivity index (χ1) is 9.70. The van der Waals surface area contributed by atoms with Gasteiger partial charge in [-0.05, 0) is 37.0 Å². The number of aryl methyl sites for hydroxylation is 1. The quantitative estimate of drug-likeness (QED) is 0.824. The van der Waals surface area contributed by atoms with Gasteiger partial charge in [-0.1, -0.05) is 37.2 Å². The van der Waals surface area contributed by atoms with Crippen LogP contribution in [0.3, 0.4) is 0 Å². The van der Waals surface area contributed by atoms with Crippen LogP contribution < -0.4 is 11.1 Å². The smallest absolute Gasteiger partial charge is 0.252 e. The molecule has 1 amide bonds. The van der Waals surface area contributed by atoms with Crippen LogP contribution in [0.15, 0.2) is 18.2 Å². The molecule has 106 valence electrons. The van der Waals surface area contributed by atoms with E-state index in [0.29, 0.717) is 12.1 Å². The summed E-state index contributed by atoms with van der Waals surface area (Å²) in [5.74, 6) is 6.57. The molecule has 1 aromatic rings. The van der Waals surface area contributed by atoms with Gasteiger partial charge in [-0.25, -0.2) is 0 Å². The summed E-state index contributed by atoms with van der Waals surface area (Å²) in [5, 5.41) is 3.00. The lowest BCUT2D eigenvalue weighted by molar-refractivity contribution is 0.0949. The van der Waals surface area contributed by atoms with Gasteiger partial charge in [0.1, 0.15) is 0 Å². The maximum absolute atomic E-state index is 12.2. The van der Waals surface area contributed by atoms with Gasteiger partial charge in [-0.3, -0.25) is 4.79 Å². The summed E-state index contributed by atoms with van der Waals surface area (Å²) in [6.07, 6.45) is 5.05. The normalized spacial score (nSPS) is 14.1. The molecule has 3 heteroatoms. The lowest BCUT2D eigenvalue weighted by Crippen LogP contribution is -2.28. The number of nitrogens with one attached hydrogen (secondary N) is 1. The SMILES string of the molecule is Cc1ccc(C(=O)NCCC2CCC2)c(C#CCN)c1. The van der Waals surface area contributed by atoms with E-state index in [9.17, 15) is 4.79 Å².